The van der Waals surface area contributed by atoms with Crippen LogP contribution in [0.2, 0.25) is 0 Å². The van der Waals surface area contributed by atoms with Crippen molar-refractivity contribution < 1.29 is 17.9 Å². The van der Waals surface area contributed by atoms with Crippen molar-refractivity contribution in [3.8, 4) is 0 Å². The van der Waals surface area contributed by atoms with Gasteiger partial charge in [-0.2, -0.15) is 13.2 Å². The predicted octanol–water partition coefficient (Wildman–Crippen LogP) is 4.78. The minimum absolute atomic E-state index is 0.0849. The number of halogens is 5. The second-order valence-corrected chi connectivity index (χ2v) is 5.68. The number of rotatable bonds is 8. The Labute approximate surface area is 118 Å². The highest BCUT2D eigenvalue weighted by Crippen LogP contribution is 2.36. The zero-order valence-corrected chi connectivity index (χ0v) is 13.3. The molecule has 0 saturated carbocycles. The van der Waals surface area contributed by atoms with Crippen LogP contribution in [0.1, 0.15) is 26.7 Å². The van der Waals surface area contributed by atoms with Crippen LogP contribution < -0.4 is 0 Å². The maximum atomic E-state index is 11.8. The van der Waals surface area contributed by atoms with Crippen LogP contribution in [0.5, 0.6) is 0 Å². The average molecular weight is 384 g/mol. The van der Waals surface area contributed by atoms with Crippen molar-refractivity contribution in [2.45, 2.75) is 32.9 Å². The van der Waals surface area contributed by atoms with E-state index >= 15 is 0 Å². The Bertz CT molecular complexity index is 203. The van der Waals surface area contributed by atoms with Crippen LogP contribution in [0.25, 0.3) is 0 Å². The highest BCUT2D eigenvalue weighted by Gasteiger charge is 2.31. The highest BCUT2D eigenvalue weighted by atomic mass is 79.9. The fourth-order valence-electron chi connectivity index (χ4n) is 1.48. The van der Waals surface area contributed by atoms with Crippen molar-refractivity contribution in [1.29, 1.82) is 0 Å². The zero-order valence-electron chi connectivity index (χ0n) is 10.1. The SMILES string of the molecule is CC(C)C(CBr)(CBr)CCCOCC(F)(F)F. The summed E-state index contributed by atoms with van der Waals surface area (Å²) in [5.41, 5.74) is 0.0849. The molecule has 0 fully saturated rings. The lowest BCUT2D eigenvalue weighted by Crippen LogP contribution is -2.31. The molecule has 0 radical (unpaired) electrons. The van der Waals surface area contributed by atoms with Gasteiger partial charge in [0.2, 0.25) is 0 Å². The van der Waals surface area contributed by atoms with Crippen LogP contribution in [0.15, 0.2) is 0 Å². The molecule has 1 nitrogen and oxygen atoms in total. The van der Waals surface area contributed by atoms with Crippen LogP contribution in [0.3, 0.4) is 0 Å². The van der Waals surface area contributed by atoms with E-state index in [1.165, 1.54) is 0 Å². The van der Waals surface area contributed by atoms with Gasteiger partial charge in [-0.3, -0.25) is 0 Å². The van der Waals surface area contributed by atoms with Crippen molar-refractivity contribution in [2.24, 2.45) is 11.3 Å². The summed E-state index contributed by atoms with van der Waals surface area (Å²) in [7, 11) is 0. The molecule has 0 atom stereocenters. The molecule has 0 aromatic rings. The van der Waals surface area contributed by atoms with Crippen LogP contribution in [-0.2, 0) is 4.74 Å². The van der Waals surface area contributed by atoms with E-state index in [2.05, 4.69) is 50.4 Å². The van der Waals surface area contributed by atoms with Gasteiger partial charge in [-0.25, -0.2) is 0 Å². The molecule has 0 aliphatic heterocycles. The molecule has 0 heterocycles. The molecule has 0 amide bonds. The van der Waals surface area contributed by atoms with E-state index in [0.29, 0.717) is 12.3 Å². The quantitative estimate of drug-likeness (QED) is 0.433. The summed E-state index contributed by atoms with van der Waals surface area (Å²) < 4.78 is 40.1. The first-order chi connectivity index (χ1) is 7.77. The fraction of sp³-hybridized carbons (Fsp3) is 1.00. The minimum Gasteiger partial charge on any atom is -0.372 e. The van der Waals surface area contributed by atoms with Gasteiger partial charge >= 0.3 is 6.18 Å². The first kappa shape index (κ1) is 17.7. The summed E-state index contributed by atoms with van der Waals surface area (Å²) in [6.07, 6.45) is -2.73. The lowest BCUT2D eigenvalue weighted by atomic mass is 9.77. The smallest absolute Gasteiger partial charge is 0.372 e. The molecule has 0 rings (SSSR count). The van der Waals surface area contributed by atoms with E-state index in [0.717, 1.165) is 17.1 Å². The molecule has 0 aliphatic carbocycles. The third-order valence-corrected chi connectivity index (χ3v) is 5.22. The average Bonchev–Trinajstić information content (AvgIpc) is 2.22. The van der Waals surface area contributed by atoms with Gasteiger partial charge < -0.3 is 4.74 Å². The molecule has 0 unspecified atom stereocenters. The van der Waals surface area contributed by atoms with Crippen molar-refractivity contribution in [1.82, 2.24) is 0 Å². The van der Waals surface area contributed by atoms with Crippen LogP contribution in [0, 0.1) is 11.3 Å². The summed E-state index contributed by atoms with van der Waals surface area (Å²) in [4.78, 5) is 0. The van der Waals surface area contributed by atoms with Gasteiger partial charge in [0, 0.05) is 17.3 Å². The molecule has 6 heteroatoms. The molecular weight excluding hydrogens is 365 g/mol. The summed E-state index contributed by atoms with van der Waals surface area (Å²) in [5, 5.41) is 1.67. The first-order valence-electron chi connectivity index (χ1n) is 5.54. The van der Waals surface area contributed by atoms with Crippen molar-refractivity contribution in [3.05, 3.63) is 0 Å². The molecule has 0 N–H and O–H groups in total. The van der Waals surface area contributed by atoms with Gasteiger partial charge in [-0.15, -0.1) is 0 Å². The predicted molar refractivity (Wildman–Crippen MR) is 71.0 cm³/mol. The second kappa shape index (κ2) is 8.00. The van der Waals surface area contributed by atoms with E-state index in [4.69, 9.17) is 0 Å². The van der Waals surface area contributed by atoms with E-state index < -0.39 is 12.8 Å². The lowest BCUT2D eigenvalue weighted by molar-refractivity contribution is -0.174. The van der Waals surface area contributed by atoms with Gasteiger partial charge in [0.25, 0.3) is 0 Å². The Balaban J connectivity index is 3.92. The Morgan fingerprint density at radius 3 is 2.00 bits per heavy atom. The topological polar surface area (TPSA) is 9.23 Å². The minimum atomic E-state index is -4.22. The Hall–Kier alpha value is 0.710. The van der Waals surface area contributed by atoms with Crippen molar-refractivity contribution in [2.75, 3.05) is 23.9 Å². The number of hydrogen-bond acceptors (Lipinski definition) is 1. The molecule has 0 bridgehead atoms. The molecule has 0 saturated heterocycles. The third kappa shape index (κ3) is 7.01. The van der Waals surface area contributed by atoms with Crippen molar-refractivity contribution in [3.63, 3.8) is 0 Å². The summed E-state index contributed by atoms with van der Waals surface area (Å²) in [6.45, 7) is 3.26. The van der Waals surface area contributed by atoms with E-state index in [1.807, 2.05) is 0 Å². The van der Waals surface area contributed by atoms with Crippen LogP contribution >= 0.6 is 31.9 Å². The molecule has 17 heavy (non-hydrogen) atoms. The van der Waals surface area contributed by atoms with Gasteiger partial charge in [-0.1, -0.05) is 45.7 Å². The van der Waals surface area contributed by atoms with Gasteiger partial charge in [-0.05, 0) is 24.2 Å². The number of alkyl halides is 5. The largest absolute Gasteiger partial charge is 0.411 e. The molecule has 0 aromatic carbocycles. The monoisotopic (exact) mass is 382 g/mol. The fourth-order valence-corrected chi connectivity index (χ4v) is 4.27. The zero-order chi connectivity index (χ0) is 13.5. The van der Waals surface area contributed by atoms with E-state index in [1.54, 1.807) is 0 Å². The number of ether oxygens (including phenoxy) is 1. The lowest BCUT2D eigenvalue weighted by Gasteiger charge is -2.34. The standard InChI is InChI=1S/C11H19Br2F3O/c1-9(2)10(6-12,7-13)4-3-5-17-8-11(14,15)16/h9H,3-8H2,1-2H3. The summed E-state index contributed by atoms with van der Waals surface area (Å²) in [6, 6.07) is 0. The highest BCUT2D eigenvalue weighted by molar-refractivity contribution is 9.09. The normalized spacial score (nSPS) is 13.4. The van der Waals surface area contributed by atoms with Crippen molar-refractivity contribution >= 4 is 31.9 Å². The van der Waals surface area contributed by atoms with Crippen LogP contribution in [0.4, 0.5) is 13.2 Å². The molecule has 104 valence electrons. The maximum absolute atomic E-state index is 11.8. The molecule has 0 spiro atoms. The molecular formula is C11H19Br2F3O. The Kier molecular flexibility index (Phi) is 8.33. The molecule has 0 aromatic heterocycles. The molecule has 0 aliphatic rings. The van der Waals surface area contributed by atoms with E-state index in [9.17, 15) is 13.2 Å². The van der Waals surface area contributed by atoms with Gasteiger partial charge in [0.05, 0.1) is 0 Å². The third-order valence-electron chi connectivity index (χ3n) is 2.99. The Morgan fingerprint density at radius 2 is 1.65 bits per heavy atom. The number of hydrogen-bond donors (Lipinski definition) is 0. The maximum Gasteiger partial charge on any atom is 0.411 e. The summed E-state index contributed by atoms with van der Waals surface area (Å²) >= 11 is 6.97. The van der Waals surface area contributed by atoms with Gasteiger partial charge in [0.15, 0.2) is 0 Å². The first-order valence-corrected chi connectivity index (χ1v) is 7.78. The Morgan fingerprint density at radius 1 is 1.12 bits per heavy atom. The second-order valence-electron chi connectivity index (χ2n) is 4.56. The van der Waals surface area contributed by atoms with Crippen LogP contribution in [-0.4, -0.2) is 30.1 Å². The van der Waals surface area contributed by atoms with E-state index in [-0.39, 0.29) is 12.0 Å². The van der Waals surface area contributed by atoms with Gasteiger partial charge in [0.1, 0.15) is 6.61 Å². The summed E-state index contributed by atoms with van der Waals surface area (Å²) in [5.74, 6) is 0.462.